The van der Waals surface area contributed by atoms with Gasteiger partial charge in [0.25, 0.3) is 0 Å². The Morgan fingerprint density at radius 1 is 0.600 bits per heavy atom. The third-order valence-electron chi connectivity index (χ3n) is 4.69. The van der Waals surface area contributed by atoms with Gasteiger partial charge in [0.05, 0.1) is 20.3 Å². The SMILES string of the molecule is CC.CCOO.CCOO.COc1ccc(C(C)(c2ccccc2)c2ccccc2)cc1.OCOO.[CH3-].[CH3-].[Pd].[Pd]. The van der Waals surface area contributed by atoms with E-state index < -0.39 is 6.79 Å². The Bertz CT molecular complexity index is 784. The fourth-order valence-corrected chi connectivity index (χ4v) is 2.97. The van der Waals surface area contributed by atoms with Crippen molar-refractivity contribution >= 4 is 0 Å². The van der Waals surface area contributed by atoms with Crippen LogP contribution in [-0.4, -0.2) is 48.0 Å². The Labute approximate surface area is 269 Å². The molecule has 0 unspecified atom stereocenters. The van der Waals surface area contributed by atoms with Crippen LogP contribution < -0.4 is 4.74 Å². The molecule has 0 saturated heterocycles. The summed E-state index contributed by atoms with van der Waals surface area (Å²) in [7, 11) is 1.70. The molecule has 0 aliphatic carbocycles. The van der Waals surface area contributed by atoms with Crippen molar-refractivity contribution in [3.63, 3.8) is 0 Å². The van der Waals surface area contributed by atoms with E-state index in [4.69, 9.17) is 25.6 Å². The van der Waals surface area contributed by atoms with Gasteiger partial charge in [-0.25, -0.2) is 19.9 Å². The van der Waals surface area contributed by atoms with Crippen LogP contribution in [0.1, 0.15) is 51.3 Å². The van der Waals surface area contributed by atoms with Crippen LogP contribution in [0, 0.1) is 14.9 Å². The molecule has 0 spiro atoms. The normalized spacial score (nSPS) is 8.55. The predicted molar refractivity (Wildman–Crippen MR) is 155 cm³/mol. The molecule has 238 valence electrons. The van der Waals surface area contributed by atoms with Crippen LogP contribution in [0.4, 0.5) is 0 Å². The first-order valence-electron chi connectivity index (χ1n) is 11.6. The largest absolute Gasteiger partial charge is 0.497 e. The number of ether oxygens (including phenoxy) is 1. The van der Waals surface area contributed by atoms with E-state index in [1.165, 1.54) is 16.7 Å². The van der Waals surface area contributed by atoms with E-state index in [0.717, 1.165) is 5.75 Å². The molecular weight excluding hydrogens is 701 g/mol. The Hall–Kier alpha value is -1.50. The number of aliphatic hydroxyl groups is 1. The number of hydrogen-bond acceptors (Lipinski definition) is 8. The molecule has 0 heterocycles. The van der Waals surface area contributed by atoms with Gasteiger partial charge in [0.1, 0.15) is 5.75 Å². The average Bonchev–Trinajstić information content (AvgIpc) is 2.99. The van der Waals surface area contributed by atoms with E-state index in [1.54, 1.807) is 21.0 Å². The van der Waals surface area contributed by atoms with Crippen LogP contribution in [0.3, 0.4) is 0 Å². The van der Waals surface area contributed by atoms with Crippen LogP contribution in [0.15, 0.2) is 84.9 Å². The minimum Gasteiger partial charge on any atom is -0.497 e. The number of benzene rings is 3. The molecule has 3 aromatic carbocycles. The van der Waals surface area contributed by atoms with E-state index in [-0.39, 0.29) is 61.1 Å². The van der Waals surface area contributed by atoms with E-state index in [2.05, 4.69) is 94.4 Å². The van der Waals surface area contributed by atoms with Crippen molar-refractivity contribution < 1.29 is 81.1 Å². The molecule has 0 atom stereocenters. The summed E-state index contributed by atoms with van der Waals surface area (Å²) in [5.74, 6) is 0.882. The molecule has 10 heteroatoms. The van der Waals surface area contributed by atoms with E-state index in [0.29, 0.717) is 13.2 Å². The zero-order valence-electron chi connectivity index (χ0n) is 24.8. The molecule has 0 aliphatic rings. The van der Waals surface area contributed by atoms with Gasteiger partial charge in [0.15, 0.2) is 6.79 Å². The predicted octanol–water partition coefficient (Wildman–Crippen LogP) is 7.39. The first kappa shape index (κ1) is 51.3. The van der Waals surface area contributed by atoms with Gasteiger partial charge in [0.2, 0.25) is 0 Å². The maximum Gasteiger partial charge on any atom is 0.177 e. The molecule has 0 radical (unpaired) electrons. The fraction of sp³-hybridized carbons (Fsp3) is 0.333. The van der Waals surface area contributed by atoms with Gasteiger partial charge < -0.3 is 24.7 Å². The smallest absolute Gasteiger partial charge is 0.177 e. The molecule has 0 amide bonds. The second-order valence-electron chi connectivity index (χ2n) is 6.68. The molecule has 40 heavy (non-hydrogen) atoms. The van der Waals surface area contributed by atoms with Crippen LogP contribution in [0.5, 0.6) is 5.75 Å². The van der Waals surface area contributed by atoms with Gasteiger partial charge in [-0.2, -0.15) is 0 Å². The third kappa shape index (κ3) is 20.4. The number of methoxy groups -OCH3 is 1. The Morgan fingerprint density at radius 3 is 1.10 bits per heavy atom. The van der Waals surface area contributed by atoms with Gasteiger partial charge in [0, 0.05) is 46.3 Å². The molecule has 0 bridgehead atoms. The van der Waals surface area contributed by atoms with Crippen molar-refractivity contribution in [2.24, 2.45) is 0 Å². The van der Waals surface area contributed by atoms with Crippen molar-refractivity contribution in [3.8, 4) is 5.75 Å². The summed E-state index contributed by atoms with van der Waals surface area (Å²) in [6.45, 7) is 9.82. The fourth-order valence-electron chi connectivity index (χ4n) is 2.97. The van der Waals surface area contributed by atoms with Gasteiger partial charge >= 0.3 is 0 Å². The summed E-state index contributed by atoms with van der Waals surface area (Å²) in [6, 6.07) is 29.6. The maximum atomic E-state index is 7.40. The van der Waals surface area contributed by atoms with E-state index in [9.17, 15) is 0 Å². The molecule has 8 nitrogen and oxygen atoms in total. The van der Waals surface area contributed by atoms with Crippen molar-refractivity contribution in [2.45, 2.75) is 40.0 Å². The van der Waals surface area contributed by atoms with Gasteiger partial charge in [-0.3, -0.25) is 10.5 Å². The molecule has 3 rings (SSSR count). The Kier molecular flexibility index (Phi) is 45.5. The van der Waals surface area contributed by atoms with E-state index >= 15 is 0 Å². The second kappa shape index (κ2) is 35.5. The molecular formula is C30H48O8Pd2-2. The van der Waals surface area contributed by atoms with Crippen molar-refractivity contribution in [2.75, 3.05) is 27.1 Å². The summed E-state index contributed by atoms with van der Waals surface area (Å²) >= 11 is 0. The molecule has 0 aromatic heterocycles. The van der Waals surface area contributed by atoms with E-state index in [1.807, 2.05) is 26.0 Å². The third-order valence-corrected chi connectivity index (χ3v) is 4.69. The zero-order chi connectivity index (χ0) is 27.7. The van der Waals surface area contributed by atoms with Crippen LogP contribution >= 0.6 is 0 Å². The number of aliphatic hydroxyl groups excluding tert-OH is 1. The Balaban J connectivity index is -0.000000137. The second-order valence-corrected chi connectivity index (χ2v) is 6.68. The minimum absolute atomic E-state index is 0. The summed E-state index contributed by atoms with van der Waals surface area (Å²) in [4.78, 5) is 10.2. The monoisotopic (exact) mass is 748 g/mol. The standard InChI is InChI=1S/C21H20O.2C2H6O2.C2H6.CH4O3.2CH3.2Pd/c1-21(17-9-5-3-6-10-17,18-11-7-4-8-12-18)19-13-15-20(22-2)16-14-19;2*1-2-4-3;1-2;2-1-4-3;;;;/h3-16H,1-2H3;2*3H,2H2,1H3;1-2H3;2-3H,1H2;2*1H3;;/q;;;;;2*-1;;. The van der Waals surface area contributed by atoms with Crippen molar-refractivity contribution in [3.05, 3.63) is 116 Å². The maximum absolute atomic E-state index is 7.40. The average molecular weight is 750 g/mol. The van der Waals surface area contributed by atoms with Gasteiger partial charge in [-0.1, -0.05) is 86.6 Å². The summed E-state index contributed by atoms with van der Waals surface area (Å²) in [5.41, 5.74) is 3.64. The molecule has 3 aromatic rings. The van der Waals surface area contributed by atoms with Crippen LogP contribution in [0.25, 0.3) is 0 Å². The quantitative estimate of drug-likeness (QED) is 0.0494. The zero-order valence-corrected chi connectivity index (χ0v) is 27.9. The van der Waals surface area contributed by atoms with Gasteiger partial charge in [-0.05, 0) is 49.6 Å². The molecule has 0 fully saturated rings. The number of hydrogen-bond donors (Lipinski definition) is 4. The Morgan fingerprint density at radius 2 is 0.875 bits per heavy atom. The van der Waals surface area contributed by atoms with Gasteiger partial charge in [-0.15, -0.1) is 0 Å². The number of rotatable bonds is 7. The van der Waals surface area contributed by atoms with Crippen LogP contribution in [-0.2, 0) is 60.9 Å². The first-order chi connectivity index (χ1) is 17.5. The molecule has 4 N–H and O–H groups in total. The summed E-state index contributed by atoms with van der Waals surface area (Å²) in [5, 5.41) is 29.3. The van der Waals surface area contributed by atoms with Crippen LogP contribution in [0.2, 0.25) is 0 Å². The minimum atomic E-state index is -0.625. The summed E-state index contributed by atoms with van der Waals surface area (Å²) < 4.78 is 5.29. The first-order valence-corrected chi connectivity index (χ1v) is 11.6. The van der Waals surface area contributed by atoms with Crippen molar-refractivity contribution in [1.82, 2.24) is 0 Å². The molecule has 0 saturated carbocycles. The topological polar surface area (TPSA) is 118 Å². The summed E-state index contributed by atoms with van der Waals surface area (Å²) in [6.07, 6.45) is 0. The molecule has 0 aliphatic heterocycles. The van der Waals surface area contributed by atoms with Crippen molar-refractivity contribution in [1.29, 1.82) is 0 Å².